The maximum absolute atomic E-state index is 13.1. The number of rotatable bonds is 3. The van der Waals surface area contributed by atoms with E-state index < -0.39 is 35.6 Å². The van der Waals surface area contributed by atoms with Gasteiger partial charge in [0.15, 0.2) is 0 Å². The van der Waals surface area contributed by atoms with E-state index >= 15 is 0 Å². The Bertz CT molecular complexity index is 645. The number of esters is 1. The second kappa shape index (κ2) is 6.70. The third-order valence-electron chi connectivity index (χ3n) is 8.70. The number of carbonyl (C=O) groups is 2. The molecule has 3 rings (SSSR count). The van der Waals surface area contributed by atoms with Crippen molar-refractivity contribution in [1.82, 2.24) is 0 Å². The van der Waals surface area contributed by atoms with Crippen molar-refractivity contribution in [3.63, 3.8) is 0 Å². The van der Waals surface area contributed by atoms with Gasteiger partial charge in [-0.15, -0.1) is 6.58 Å². The molecule has 0 aromatic carbocycles. The molecule has 8 atom stereocenters. The van der Waals surface area contributed by atoms with Gasteiger partial charge in [0.25, 0.3) is 0 Å². The van der Waals surface area contributed by atoms with E-state index in [2.05, 4.69) is 27.4 Å². The molecule has 2 bridgehead atoms. The third kappa shape index (κ3) is 2.72. The normalized spacial score (nSPS) is 49.7. The van der Waals surface area contributed by atoms with Crippen LogP contribution in [0.2, 0.25) is 0 Å². The quantitative estimate of drug-likeness (QED) is 0.583. The Kier molecular flexibility index (Phi) is 5.09. The van der Waals surface area contributed by atoms with E-state index in [1.54, 1.807) is 6.08 Å². The molecule has 0 heterocycles. The lowest BCUT2D eigenvalue weighted by Crippen LogP contribution is -2.63. The van der Waals surface area contributed by atoms with Crippen LogP contribution >= 0.6 is 0 Å². The summed E-state index contributed by atoms with van der Waals surface area (Å²) >= 11 is 0. The summed E-state index contributed by atoms with van der Waals surface area (Å²) in [4.78, 5) is 25.2. The van der Waals surface area contributed by atoms with Crippen LogP contribution in [0, 0.1) is 34.0 Å². The van der Waals surface area contributed by atoms with Crippen LogP contribution in [0.3, 0.4) is 0 Å². The topological polar surface area (TPSA) is 83.8 Å². The predicted octanol–water partition coefficient (Wildman–Crippen LogP) is 2.89. The first kappa shape index (κ1) is 20.5. The minimum absolute atomic E-state index is 0.0433. The molecule has 0 aromatic heterocycles. The Morgan fingerprint density at radius 2 is 2.00 bits per heavy atom. The summed E-state index contributed by atoms with van der Waals surface area (Å²) < 4.78 is 5.77. The van der Waals surface area contributed by atoms with Crippen molar-refractivity contribution in [2.24, 2.45) is 34.0 Å². The fourth-order valence-electron chi connectivity index (χ4n) is 6.70. The second-order valence-electron chi connectivity index (χ2n) is 9.72. The molecular formula is C22H34O5. The zero-order valence-corrected chi connectivity index (χ0v) is 17.0. The lowest BCUT2D eigenvalue weighted by atomic mass is 9.44. The summed E-state index contributed by atoms with van der Waals surface area (Å²) in [5.41, 5.74) is -1.43. The van der Waals surface area contributed by atoms with Gasteiger partial charge in [0, 0.05) is 23.2 Å². The Morgan fingerprint density at radius 3 is 2.59 bits per heavy atom. The Morgan fingerprint density at radius 1 is 1.33 bits per heavy atom. The first-order valence-corrected chi connectivity index (χ1v) is 10.2. The molecule has 0 saturated heterocycles. The van der Waals surface area contributed by atoms with Gasteiger partial charge in [0.05, 0.1) is 6.10 Å². The van der Waals surface area contributed by atoms with Gasteiger partial charge >= 0.3 is 5.97 Å². The first-order valence-electron chi connectivity index (χ1n) is 10.2. The van der Waals surface area contributed by atoms with Gasteiger partial charge in [-0.2, -0.15) is 0 Å². The van der Waals surface area contributed by atoms with Gasteiger partial charge in [-0.05, 0) is 42.9 Å². The molecule has 3 aliphatic rings. The molecule has 0 aliphatic heterocycles. The average Bonchev–Trinajstić information content (AvgIpc) is 3.00. The highest BCUT2D eigenvalue weighted by atomic mass is 16.6. The zero-order chi connectivity index (χ0) is 20.2. The average molecular weight is 379 g/mol. The van der Waals surface area contributed by atoms with Crippen LogP contribution in [0.15, 0.2) is 12.7 Å². The van der Waals surface area contributed by atoms with Crippen LogP contribution in [-0.2, 0) is 14.3 Å². The maximum atomic E-state index is 13.1. The van der Waals surface area contributed by atoms with E-state index in [4.69, 9.17) is 4.74 Å². The van der Waals surface area contributed by atoms with Gasteiger partial charge in [-0.1, -0.05) is 33.8 Å². The number of aliphatic hydroxyl groups is 2. The highest BCUT2D eigenvalue weighted by molar-refractivity contribution is 5.85. The fourth-order valence-corrected chi connectivity index (χ4v) is 6.70. The van der Waals surface area contributed by atoms with Crippen LogP contribution in [0.4, 0.5) is 0 Å². The Hall–Kier alpha value is -1.20. The van der Waals surface area contributed by atoms with Crippen molar-refractivity contribution >= 4 is 11.8 Å². The number of ketones is 1. The van der Waals surface area contributed by atoms with E-state index in [0.717, 1.165) is 19.3 Å². The predicted molar refractivity (Wildman–Crippen MR) is 102 cm³/mol. The Labute approximate surface area is 162 Å². The van der Waals surface area contributed by atoms with Crippen molar-refractivity contribution < 1.29 is 24.5 Å². The molecule has 3 aliphatic carbocycles. The van der Waals surface area contributed by atoms with Gasteiger partial charge in [-0.25, -0.2) is 4.79 Å². The van der Waals surface area contributed by atoms with Crippen LogP contribution in [0.25, 0.3) is 0 Å². The summed E-state index contributed by atoms with van der Waals surface area (Å²) in [5, 5.41) is 20.6. The first-order chi connectivity index (χ1) is 12.6. The van der Waals surface area contributed by atoms with E-state index in [1.165, 1.54) is 0 Å². The van der Waals surface area contributed by atoms with E-state index in [0.29, 0.717) is 12.8 Å². The summed E-state index contributed by atoms with van der Waals surface area (Å²) in [5.74, 6) is -0.520. The SMILES string of the molecule is C=C[C@]1(C)C[C@@H](OC(=O)CO)[C@]2(C)[C@H](C)CC[C@]3(CCC(=O)[C@H]32)[C@@H](C)[C@@H]1O. The monoisotopic (exact) mass is 378 g/mol. The smallest absolute Gasteiger partial charge is 0.332 e. The van der Waals surface area contributed by atoms with Crippen LogP contribution < -0.4 is 0 Å². The van der Waals surface area contributed by atoms with Crippen molar-refractivity contribution in [3.8, 4) is 0 Å². The second-order valence-corrected chi connectivity index (χ2v) is 9.72. The van der Waals surface area contributed by atoms with E-state index in [1.807, 2.05) is 6.92 Å². The van der Waals surface area contributed by atoms with E-state index in [9.17, 15) is 19.8 Å². The number of carbonyl (C=O) groups excluding carboxylic acids is 2. The van der Waals surface area contributed by atoms with Gasteiger partial charge in [0.1, 0.15) is 18.5 Å². The van der Waals surface area contributed by atoms with Crippen molar-refractivity contribution in [1.29, 1.82) is 0 Å². The number of aliphatic hydroxyl groups excluding tert-OH is 2. The summed E-state index contributed by atoms with van der Waals surface area (Å²) in [6.07, 6.45) is 4.10. The summed E-state index contributed by atoms with van der Waals surface area (Å²) in [7, 11) is 0. The molecule has 3 saturated carbocycles. The van der Waals surface area contributed by atoms with Crippen LogP contribution in [-0.4, -0.2) is 40.8 Å². The fraction of sp³-hybridized carbons (Fsp3) is 0.818. The van der Waals surface area contributed by atoms with Crippen molar-refractivity contribution in [3.05, 3.63) is 12.7 Å². The highest BCUT2D eigenvalue weighted by Crippen LogP contribution is 2.67. The molecule has 3 fully saturated rings. The maximum Gasteiger partial charge on any atom is 0.332 e. The van der Waals surface area contributed by atoms with Crippen molar-refractivity contribution in [2.75, 3.05) is 6.61 Å². The molecule has 5 nitrogen and oxygen atoms in total. The minimum atomic E-state index is -0.686. The lowest BCUT2D eigenvalue weighted by Gasteiger charge is -2.61. The number of hydrogen-bond donors (Lipinski definition) is 2. The largest absolute Gasteiger partial charge is 0.460 e. The molecule has 152 valence electrons. The molecule has 27 heavy (non-hydrogen) atoms. The summed E-state index contributed by atoms with van der Waals surface area (Å²) in [6, 6.07) is 0. The molecule has 0 unspecified atom stereocenters. The molecule has 0 spiro atoms. The molecule has 0 aromatic rings. The minimum Gasteiger partial charge on any atom is -0.460 e. The molecule has 5 heteroatoms. The van der Waals surface area contributed by atoms with Crippen LogP contribution in [0.1, 0.15) is 59.8 Å². The third-order valence-corrected chi connectivity index (χ3v) is 8.70. The highest BCUT2D eigenvalue weighted by Gasteiger charge is 2.68. The number of ether oxygens (including phenoxy) is 1. The lowest BCUT2D eigenvalue weighted by molar-refractivity contribution is -0.207. The van der Waals surface area contributed by atoms with Gasteiger partial charge in [0.2, 0.25) is 0 Å². The summed E-state index contributed by atoms with van der Waals surface area (Å²) in [6.45, 7) is 11.5. The number of hydrogen-bond acceptors (Lipinski definition) is 5. The Balaban J connectivity index is 2.21. The standard InChI is InChI=1S/C22H34O5/c1-6-20(4)11-16(27-17(25)12-23)21(5)13(2)7-9-22(14(3)19(20)26)10-8-15(24)18(21)22/h6,13-14,16,18-19,23,26H,1,7-12H2,2-5H3/t13-,14+,16-,18+,19+,20-,21+,22+/m1/s1. The van der Waals surface area contributed by atoms with Gasteiger partial charge < -0.3 is 14.9 Å². The van der Waals surface area contributed by atoms with Crippen molar-refractivity contribution in [2.45, 2.75) is 72.0 Å². The van der Waals surface area contributed by atoms with E-state index in [-0.39, 0.29) is 29.0 Å². The molecular weight excluding hydrogens is 344 g/mol. The number of Topliss-reactive ketones (excluding diaryl/α,β-unsaturated/α-hetero) is 1. The molecule has 0 radical (unpaired) electrons. The molecule has 2 N–H and O–H groups in total. The zero-order valence-electron chi connectivity index (χ0n) is 17.0. The molecule has 0 amide bonds. The van der Waals surface area contributed by atoms with Gasteiger partial charge in [-0.3, -0.25) is 4.79 Å². The van der Waals surface area contributed by atoms with Crippen LogP contribution in [0.5, 0.6) is 0 Å².